The van der Waals surface area contributed by atoms with E-state index in [1.807, 2.05) is 0 Å². The standard InChI is InChI=1S/C7H4Cl2NO/c8-5-2-1-3-6(7(5)9)10-4-11/h1-4H. The maximum Gasteiger partial charge on any atom is 0.233 e. The normalized spacial score (nSPS) is 9.27. The lowest BCUT2D eigenvalue weighted by Crippen LogP contribution is -1.92. The van der Waals surface area contributed by atoms with Crippen molar-refractivity contribution in [3.05, 3.63) is 28.2 Å². The summed E-state index contributed by atoms with van der Waals surface area (Å²) in [5.41, 5.74) is 0.397. The molecule has 0 saturated carbocycles. The van der Waals surface area contributed by atoms with Gasteiger partial charge in [0.15, 0.2) is 0 Å². The van der Waals surface area contributed by atoms with Crippen LogP contribution in [-0.4, -0.2) is 6.41 Å². The van der Waals surface area contributed by atoms with Gasteiger partial charge in [-0.25, -0.2) is 5.32 Å². The average molecular weight is 189 g/mol. The van der Waals surface area contributed by atoms with E-state index in [0.717, 1.165) is 0 Å². The first-order valence-corrected chi connectivity index (χ1v) is 3.60. The topological polar surface area (TPSA) is 31.2 Å². The molecule has 1 amide bonds. The number of nitrogens with zero attached hydrogens (tertiary/aromatic N) is 1. The largest absolute Gasteiger partial charge is 0.276 e. The van der Waals surface area contributed by atoms with Crippen molar-refractivity contribution in [3.63, 3.8) is 0 Å². The number of carbonyl (C=O) groups is 1. The summed E-state index contributed by atoms with van der Waals surface area (Å²) in [4.78, 5) is 9.97. The van der Waals surface area contributed by atoms with E-state index in [-0.39, 0.29) is 0 Å². The summed E-state index contributed by atoms with van der Waals surface area (Å²) in [5.74, 6) is 0. The highest BCUT2D eigenvalue weighted by molar-refractivity contribution is 6.43. The van der Waals surface area contributed by atoms with Crippen LogP contribution in [0.4, 0.5) is 5.69 Å². The molecule has 1 aromatic carbocycles. The van der Waals surface area contributed by atoms with E-state index in [1.165, 1.54) is 0 Å². The predicted octanol–water partition coefficient (Wildman–Crippen LogP) is 2.39. The molecule has 57 valence electrons. The first-order chi connectivity index (χ1) is 5.25. The molecule has 0 aliphatic heterocycles. The molecule has 4 heteroatoms. The minimum absolute atomic E-state index is 0.307. The maximum atomic E-state index is 9.97. The van der Waals surface area contributed by atoms with Gasteiger partial charge in [0, 0.05) is 0 Å². The zero-order chi connectivity index (χ0) is 8.27. The summed E-state index contributed by atoms with van der Waals surface area (Å²) in [5, 5.41) is 4.17. The summed E-state index contributed by atoms with van der Waals surface area (Å²) in [6.45, 7) is 0. The van der Waals surface area contributed by atoms with Crippen molar-refractivity contribution in [2.45, 2.75) is 0 Å². The third-order valence-electron chi connectivity index (χ3n) is 1.12. The van der Waals surface area contributed by atoms with Crippen LogP contribution in [0.2, 0.25) is 10.0 Å². The molecule has 0 unspecified atom stereocenters. The molecule has 0 spiro atoms. The fraction of sp³-hybridized carbons (Fsp3) is 0. The third-order valence-corrected chi connectivity index (χ3v) is 1.93. The Morgan fingerprint density at radius 2 is 2.09 bits per heavy atom. The average Bonchev–Trinajstić information content (AvgIpc) is 1.99. The van der Waals surface area contributed by atoms with Gasteiger partial charge in [-0.05, 0) is 12.1 Å². The number of hydrogen-bond acceptors (Lipinski definition) is 1. The number of amides is 1. The van der Waals surface area contributed by atoms with Crippen LogP contribution in [0.25, 0.3) is 0 Å². The van der Waals surface area contributed by atoms with Crippen molar-refractivity contribution in [3.8, 4) is 0 Å². The van der Waals surface area contributed by atoms with Crippen LogP contribution in [0.3, 0.4) is 0 Å². The van der Waals surface area contributed by atoms with Gasteiger partial charge in [0.25, 0.3) is 0 Å². The van der Waals surface area contributed by atoms with Crippen LogP contribution in [0.5, 0.6) is 0 Å². The van der Waals surface area contributed by atoms with Gasteiger partial charge < -0.3 is 0 Å². The number of halogens is 2. The zero-order valence-electron chi connectivity index (χ0n) is 5.42. The van der Waals surface area contributed by atoms with Crippen LogP contribution in [-0.2, 0) is 4.79 Å². The molecule has 0 fully saturated rings. The Hall–Kier alpha value is -0.730. The van der Waals surface area contributed by atoms with E-state index in [1.54, 1.807) is 18.2 Å². The molecule has 0 saturated heterocycles. The molecule has 0 heterocycles. The Bertz CT molecular complexity index is 275. The highest BCUT2D eigenvalue weighted by atomic mass is 35.5. The second kappa shape index (κ2) is 3.60. The van der Waals surface area contributed by atoms with Gasteiger partial charge in [0.2, 0.25) is 6.41 Å². The smallest absolute Gasteiger partial charge is 0.233 e. The predicted molar refractivity (Wildman–Crippen MR) is 44.3 cm³/mol. The Balaban J connectivity index is 3.05. The van der Waals surface area contributed by atoms with Gasteiger partial charge in [-0.15, -0.1) is 0 Å². The lowest BCUT2D eigenvalue weighted by Gasteiger charge is -1.99. The van der Waals surface area contributed by atoms with Gasteiger partial charge in [-0.2, -0.15) is 0 Å². The molecular weight excluding hydrogens is 185 g/mol. The van der Waals surface area contributed by atoms with Gasteiger partial charge >= 0.3 is 0 Å². The van der Waals surface area contributed by atoms with Crippen molar-refractivity contribution in [1.29, 1.82) is 0 Å². The molecule has 0 atom stereocenters. The third kappa shape index (κ3) is 1.85. The number of rotatable bonds is 2. The van der Waals surface area contributed by atoms with Crippen molar-refractivity contribution in [1.82, 2.24) is 5.32 Å². The van der Waals surface area contributed by atoms with Gasteiger partial charge in [0.1, 0.15) is 0 Å². The van der Waals surface area contributed by atoms with Crippen molar-refractivity contribution >= 4 is 35.3 Å². The van der Waals surface area contributed by atoms with Crippen molar-refractivity contribution in [2.75, 3.05) is 0 Å². The lowest BCUT2D eigenvalue weighted by atomic mass is 10.3. The first-order valence-electron chi connectivity index (χ1n) is 2.84. The molecule has 0 aromatic heterocycles. The molecule has 11 heavy (non-hydrogen) atoms. The quantitative estimate of drug-likeness (QED) is 0.657. The van der Waals surface area contributed by atoms with Crippen LogP contribution >= 0.6 is 23.2 Å². The number of carbonyl (C=O) groups excluding carboxylic acids is 1. The molecule has 0 N–H and O–H groups in total. The number of benzene rings is 1. The summed E-state index contributed by atoms with van der Waals surface area (Å²) >= 11 is 11.3. The summed E-state index contributed by atoms with van der Waals surface area (Å²) < 4.78 is 0. The summed E-state index contributed by atoms with van der Waals surface area (Å²) in [6, 6.07) is 4.92. The highest BCUT2D eigenvalue weighted by Crippen LogP contribution is 2.28. The molecule has 0 aliphatic rings. The van der Waals surface area contributed by atoms with Crippen molar-refractivity contribution in [2.24, 2.45) is 0 Å². The number of hydrogen-bond donors (Lipinski definition) is 0. The minimum Gasteiger partial charge on any atom is -0.276 e. The molecule has 1 aromatic rings. The van der Waals surface area contributed by atoms with E-state index in [0.29, 0.717) is 22.1 Å². The van der Waals surface area contributed by atoms with Gasteiger partial charge in [-0.3, -0.25) is 4.79 Å². The Morgan fingerprint density at radius 1 is 1.36 bits per heavy atom. The van der Waals surface area contributed by atoms with Crippen molar-refractivity contribution < 1.29 is 4.79 Å². The Labute approximate surface area is 74.1 Å². The van der Waals surface area contributed by atoms with Crippen LogP contribution < -0.4 is 5.32 Å². The second-order valence-electron chi connectivity index (χ2n) is 1.81. The first kappa shape index (κ1) is 8.37. The van der Waals surface area contributed by atoms with Crippen LogP contribution in [0.1, 0.15) is 0 Å². The fourth-order valence-electron chi connectivity index (χ4n) is 0.649. The van der Waals surface area contributed by atoms with Gasteiger partial charge in [0.05, 0.1) is 15.7 Å². The Morgan fingerprint density at radius 3 is 2.73 bits per heavy atom. The SMILES string of the molecule is O=C[N]c1cccc(Cl)c1Cl. The van der Waals surface area contributed by atoms with E-state index in [9.17, 15) is 4.79 Å². The monoisotopic (exact) mass is 188 g/mol. The van der Waals surface area contributed by atoms with Crippen LogP contribution in [0.15, 0.2) is 18.2 Å². The second-order valence-corrected chi connectivity index (χ2v) is 2.59. The van der Waals surface area contributed by atoms with E-state index >= 15 is 0 Å². The van der Waals surface area contributed by atoms with E-state index < -0.39 is 0 Å². The highest BCUT2D eigenvalue weighted by Gasteiger charge is 2.02. The Kier molecular flexibility index (Phi) is 2.74. The lowest BCUT2D eigenvalue weighted by molar-refractivity contribution is -0.108. The van der Waals surface area contributed by atoms with Gasteiger partial charge in [-0.1, -0.05) is 29.3 Å². The molecule has 0 aliphatic carbocycles. The van der Waals surface area contributed by atoms with E-state index in [4.69, 9.17) is 23.2 Å². The fourth-order valence-corrected chi connectivity index (χ4v) is 0.993. The summed E-state index contributed by atoms with van der Waals surface area (Å²) in [6.07, 6.45) is 0.428. The molecule has 0 bridgehead atoms. The van der Waals surface area contributed by atoms with E-state index in [2.05, 4.69) is 5.32 Å². The molecular formula is C7H4Cl2NO. The zero-order valence-corrected chi connectivity index (χ0v) is 6.93. The molecule has 2 nitrogen and oxygen atoms in total. The minimum atomic E-state index is 0.307. The molecule has 1 rings (SSSR count). The maximum absolute atomic E-state index is 9.97. The summed E-state index contributed by atoms with van der Waals surface area (Å²) in [7, 11) is 0. The van der Waals surface area contributed by atoms with Crippen LogP contribution in [0, 0.1) is 0 Å². The molecule has 1 radical (unpaired) electrons.